The Bertz CT molecular complexity index is 625. The van der Waals surface area contributed by atoms with Gasteiger partial charge in [0.2, 0.25) is 0 Å². The van der Waals surface area contributed by atoms with E-state index in [0.29, 0.717) is 31.5 Å². The Kier molecular flexibility index (Phi) is 2.99. The molecule has 0 aromatic carbocycles. The largest absolute Gasteiger partial charge is 0.369 e. The van der Waals surface area contributed by atoms with Crippen molar-refractivity contribution in [1.82, 2.24) is 0 Å². The summed E-state index contributed by atoms with van der Waals surface area (Å²) in [6.07, 6.45) is 7.80. The molecule has 5 aliphatic rings. The molecule has 4 heteroatoms. The number of carbonyl (C=O) groups excluding carboxylic acids is 1. The number of hydrogen-bond donors (Lipinski definition) is 0. The van der Waals surface area contributed by atoms with Gasteiger partial charge in [-0.25, -0.2) is 0 Å². The van der Waals surface area contributed by atoms with Gasteiger partial charge in [0.1, 0.15) is 5.78 Å². The van der Waals surface area contributed by atoms with Crippen molar-refractivity contribution in [2.24, 2.45) is 11.3 Å². The lowest BCUT2D eigenvalue weighted by molar-refractivity contribution is -0.166. The van der Waals surface area contributed by atoms with Crippen LogP contribution < -0.4 is 0 Å². The van der Waals surface area contributed by atoms with E-state index in [0.717, 1.165) is 38.5 Å². The van der Waals surface area contributed by atoms with Crippen molar-refractivity contribution < 1.29 is 19.0 Å². The lowest BCUT2D eigenvalue weighted by atomic mass is 9.65. The second-order valence-corrected chi connectivity index (χ2v) is 7.95. The zero-order chi connectivity index (χ0) is 15.7. The monoisotopic (exact) mass is 316 g/mol. The number of fused-ring (bicyclic) bond motifs is 4. The maximum atomic E-state index is 12.3. The highest BCUT2D eigenvalue weighted by molar-refractivity contribution is 5.87. The zero-order valence-corrected chi connectivity index (χ0v) is 13.7. The lowest BCUT2D eigenvalue weighted by Gasteiger charge is -2.46. The third-order valence-corrected chi connectivity index (χ3v) is 6.82. The van der Waals surface area contributed by atoms with Crippen LogP contribution in [0.2, 0.25) is 0 Å². The lowest BCUT2D eigenvalue weighted by Crippen LogP contribution is -2.45. The summed E-state index contributed by atoms with van der Waals surface area (Å²) in [7, 11) is 0. The molecule has 0 radical (unpaired) electrons. The maximum Gasteiger partial charge on any atom is 0.172 e. The second kappa shape index (κ2) is 4.78. The fraction of sp³-hybridized carbons (Fsp3) is 0.737. The molecular weight excluding hydrogens is 292 g/mol. The molecule has 3 aliphatic carbocycles. The summed E-state index contributed by atoms with van der Waals surface area (Å²) in [6, 6.07) is 0. The van der Waals surface area contributed by atoms with Crippen LogP contribution in [-0.2, 0) is 19.0 Å². The number of hydrogen-bond acceptors (Lipinski definition) is 4. The van der Waals surface area contributed by atoms with E-state index >= 15 is 0 Å². The Morgan fingerprint density at radius 3 is 2.87 bits per heavy atom. The summed E-state index contributed by atoms with van der Waals surface area (Å²) < 4.78 is 18.1. The van der Waals surface area contributed by atoms with Crippen LogP contribution in [0.5, 0.6) is 0 Å². The van der Waals surface area contributed by atoms with Crippen molar-refractivity contribution in [3.05, 3.63) is 22.8 Å². The van der Waals surface area contributed by atoms with Gasteiger partial charge in [0.25, 0.3) is 0 Å². The topological polar surface area (TPSA) is 44.8 Å². The van der Waals surface area contributed by atoms with E-state index < -0.39 is 0 Å². The second-order valence-electron chi connectivity index (χ2n) is 7.95. The van der Waals surface area contributed by atoms with Gasteiger partial charge < -0.3 is 14.2 Å². The van der Waals surface area contributed by atoms with Gasteiger partial charge in [-0.3, -0.25) is 4.79 Å². The molecule has 0 aromatic rings. The number of ketones is 1. The average molecular weight is 316 g/mol. The fourth-order valence-electron chi connectivity index (χ4n) is 5.44. The maximum absolute atomic E-state index is 12.3. The van der Waals surface area contributed by atoms with E-state index in [2.05, 4.69) is 13.0 Å². The molecule has 3 atom stereocenters. The molecule has 2 aliphatic heterocycles. The van der Waals surface area contributed by atoms with Crippen molar-refractivity contribution in [2.75, 3.05) is 19.8 Å². The normalized spacial score (nSPS) is 41.6. The van der Waals surface area contributed by atoms with Crippen LogP contribution in [-0.4, -0.2) is 37.5 Å². The Morgan fingerprint density at radius 2 is 2.04 bits per heavy atom. The zero-order valence-electron chi connectivity index (χ0n) is 13.7. The molecular formula is C19H24O4. The van der Waals surface area contributed by atoms with Crippen LogP contribution in [0.4, 0.5) is 0 Å². The summed E-state index contributed by atoms with van der Waals surface area (Å²) >= 11 is 0. The minimum absolute atomic E-state index is 0.124. The number of Topliss-reactive ketones (excluding diaryl/α,β-unsaturated/α-hetero) is 1. The number of rotatable bonds is 0. The van der Waals surface area contributed by atoms with Gasteiger partial charge >= 0.3 is 0 Å². The Labute approximate surface area is 136 Å². The van der Waals surface area contributed by atoms with Crippen LogP contribution >= 0.6 is 0 Å². The molecule has 124 valence electrons. The van der Waals surface area contributed by atoms with Gasteiger partial charge in [0.15, 0.2) is 5.79 Å². The SMILES string of the molecule is CC12CC=C3C4=C(COC3[C@@H]1CCC2=O)CC1(CC4)OCCO1. The van der Waals surface area contributed by atoms with Gasteiger partial charge in [0.05, 0.1) is 25.9 Å². The average Bonchev–Trinajstić information content (AvgIpc) is 3.12. The number of carbonyl (C=O) groups is 1. The summed E-state index contributed by atoms with van der Waals surface area (Å²) in [6.45, 7) is 4.23. The van der Waals surface area contributed by atoms with Crippen molar-refractivity contribution in [3.8, 4) is 0 Å². The van der Waals surface area contributed by atoms with E-state index in [-0.39, 0.29) is 17.3 Å². The summed E-state index contributed by atoms with van der Waals surface area (Å²) in [5.74, 6) is 0.401. The van der Waals surface area contributed by atoms with E-state index in [1.807, 2.05) is 0 Å². The van der Waals surface area contributed by atoms with Crippen molar-refractivity contribution in [1.29, 1.82) is 0 Å². The third kappa shape index (κ3) is 1.92. The molecule has 0 aromatic heterocycles. The summed E-state index contributed by atoms with van der Waals surface area (Å²) in [5, 5.41) is 0. The molecule has 4 nitrogen and oxygen atoms in total. The molecule has 1 saturated heterocycles. The summed E-state index contributed by atoms with van der Waals surface area (Å²) in [4.78, 5) is 12.3. The number of allylic oxidation sites excluding steroid dienone is 1. The van der Waals surface area contributed by atoms with E-state index in [4.69, 9.17) is 14.2 Å². The standard InChI is InChI=1S/C19H24O4/c1-18-6-4-14-13-5-7-19(22-8-9-23-19)10-12(13)11-21-17(14)15(18)2-3-16(18)20/h4,15,17H,2-3,5-11H2,1H3/t15-,17?,18?/m0/s1. The highest BCUT2D eigenvalue weighted by Crippen LogP contribution is 2.54. The van der Waals surface area contributed by atoms with Crippen molar-refractivity contribution >= 4 is 5.78 Å². The molecule has 2 fully saturated rings. The predicted octanol–water partition coefficient (Wildman–Crippen LogP) is 2.92. The first-order valence-corrected chi connectivity index (χ1v) is 8.95. The van der Waals surface area contributed by atoms with Crippen LogP contribution in [0.25, 0.3) is 0 Å². The molecule has 2 unspecified atom stereocenters. The molecule has 1 saturated carbocycles. The Balaban J connectivity index is 1.49. The van der Waals surface area contributed by atoms with Crippen molar-refractivity contribution in [2.45, 2.75) is 57.3 Å². The first-order chi connectivity index (χ1) is 11.1. The van der Waals surface area contributed by atoms with E-state index in [1.54, 1.807) is 0 Å². The van der Waals surface area contributed by atoms with Crippen LogP contribution in [0.3, 0.4) is 0 Å². The minimum atomic E-state index is -0.387. The minimum Gasteiger partial charge on any atom is -0.369 e. The number of ether oxygens (including phenoxy) is 3. The van der Waals surface area contributed by atoms with Gasteiger partial charge in [-0.2, -0.15) is 0 Å². The first-order valence-electron chi connectivity index (χ1n) is 8.95. The van der Waals surface area contributed by atoms with Gasteiger partial charge in [-0.1, -0.05) is 13.0 Å². The Hall–Kier alpha value is -0.970. The van der Waals surface area contributed by atoms with E-state index in [9.17, 15) is 4.79 Å². The molecule has 0 bridgehead atoms. The highest BCUT2D eigenvalue weighted by Gasteiger charge is 2.54. The van der Waals surface area contributed by atoms with Crippen molar-refractivity contribution in [3.63, 3.8) is 0 Å². The van der Waals surface area contributed by atoms with Crippen LogP contribution in [0.15, 0.2) is 22.8 Å². The van der Waals surface area contributed by atoms with Crippen LogP contribution in [0.1, 0.15) is 45.4 Å². The molecule has 0 N–H and O–H groups in total. The van der Waals surface area contributed by atoms with Gasteiger partial charge in [0, 0.05) is 30.6 Å². The molecule has 23 heavy (non-hydrogen) atoms. The fourth-order valence-corrected chi connectivity index (χ4v) is 5.44. The first kappa shape index (κ1) is 14.4. The molecule has 2 heterocycles. The third-order valence-electron chi connectivity index (χ3n) is 6.82. The van der Waals surface area contributed by atoms with Gasteiger partial charge in [-0.05, 0) is 36.0 Å². The molecule has 1 spiro atoms. The quantitative estimate of drug-likeness (QED) is 0.689. The predicted molar refractivity (Wildman–Crippen MR) is 83.8 cm³/mol. The molecule has 5 rings (SSSR count). The molecule has 0 amide bonds. The van der Waals surface area contributed by atoms with Gasteiger partial charge in [-0.15, -0.1) is 0 Å². The Morgan fingerprint density at radius 1 is 1.22 bits per heavy atom. The van der Waals surface area contributed by atoms with E-state index in [1.165, 1.54) is 16.7 Å². The highest BCUT2D eigenvalue weighted by atomic mass is 16.7. The summed E-state index contributed by atoms with van der Waals surface area (Å²) in [5.41, 5.74) is 4.01. The van der Waals surface area contributed by atoms with Crippen LogP contribution in [0, 0.1) is 11.3 Å². The smallest absolute Gasteiger partial charge is 0.172 e.